The fraction of sp³-hybridized carbons (Fsp3) is 0.318. The molecule has 0 aliphatic carbocycles. The normalized spacial score (nSPS) is 14.7. The van der Waals surface area contributed by atoms with Gasteiger partial charge >= 0.3 is 5.97 Å². The van der Waals surface area contributed by atoms with Gasteiger partial charge in [0, 0.05) is 43.2 Å². The summed E-state index contributed by atoms with van der Waals surface area (Å²) < 4.78 is 31.6. The summed E-state index contributed by atoms with van der Waals surface area (Å²) in [6.45, 7) is 0.285. The van der Waals surface area contributed by atoms with Crippen molar-refractivity contribution < 1.29 is 27.5 Å². The highest BCUT2D eigenvalue weighted by atomic mass is 35.5. The maximum absolute atomic E-state index is 12.6. The lowest BCUT2D eigenvalue weighted by molar-refractivity contribution is -0.152. The monoisotopic (exact) mass is 478 g/mol. The summed E-state index contributed by atoms with van der Waals surface area (Å²) >= 11 is 5.78. The number of nitrogens with zero attached hydrogens (tertiary/aromatic N) is 2. The lowest BCUT2D eigenvalue weighted by Gasteiger charge is -2.33. The Morgan fingerprint density at radius 2 is 1.50 bits per heavy atom. The van der Waals surface area contributed by atoms with E-state index in [9.17, 15) is 22.8 Å². The lowest BCUT2D eigenvalue weighted by Crippen LogP contribution is -2.51. The number of ketones is 1. The molecule has 1 amide bonds. The molecule has 1 aliphatic heterocycles. The van der Waals surface area contributed by atoms with Crippen molar-refractivity contribution in [3.63, 3.8) is 0 Å². The number of sulfonamides is 1. The second kappa shape index (κ2) is 10.7. The average molecular weight is 479 g/mol. The molecule has 32 heavy (non-hydrogen) atoms. The standard InChI is InChI=1S/C22H23ClN2O6S/c23-18-8-6-17(7-9-18)20(26)10-11-22(28)31-16-21(27)24-12-14-25(15-13-24)32(29,30)19-4-2-1-3-5-19/h1-9H,10-16H2. The van der Waals surface area contributed by atoms with Crippen LogP contribution < -0.4 is 0 Å². The molecule has 1 saturated heterocycles. The highest BCUT2D eigenvalue weighted by Gasteiger charge is 2.30. The minimum atomic E-state index is -3.61. The number of piperazine rings is 1. The Bertz CT molecular complexity index is 1070. The summed E-state index contributed by atoms with van der Waals surface area (Å²) in [5, 5.41) is 0.512. The molecule has 0 atom stereocenters. The number of halogens is 1. The van der Waals surface area contributed by atoms with Gasteiger partial charge in [-0.1, -0.05) is 29.8 Å². The number of benzene rings is 2. The quantitative estimate of drug-likeness (QED) is 0.426. The van der Waals surface area contributed by atoms with Crippen LogP contribution in [0, 0.1) is 0 Å². The van der Waals surface area contributed by atoms with Crippen molar-refractivity contribution in [3.8, 4) is 0 Å². The summed E-state index contributed by atoms with van der Waals surface area (Å²) in [5.74, 6) is -1.27. The molecule has 1 fully saturated rings. The van der Waals surface area contributed by atoms with E-state index in [4.69, 9.17) is 16.3 Å². The summed E-state index contributed by atoms with van der Waals surface area (Å²) in [4.78, 5) is 38.0. The van der Waals surface area contributed by atoms with Crippen molar-refractivity contribution in [1.29, 1.82) is 0 Å². The Hall–Kier alpha value is -2.75. The fourth-order valence-electron chi connectivity index (χ4n) is 3.22. The van der Waals surface area contributed by atoms with E-state index in [1.807, 2.05) is 0 Å². The Kier molecular flexibility index (Phi) is 8.00. The molecule has 170 valence electrons. The predicted molar refractivity (Wildman–Crippen MR) is 118 cm³/mol. The van der Waals surface area contributed by atoms with E-state index in [1.54, 1.807) is 42.5 Å². The summed E-state index contributed by atoms with van der Waals surface area (Å²) in [5.41, 5.74) is 0.446. The summed E-state index contributed by atoms with van der Waals surface area (Å²) in [6, 6.07) is 14.5. The van der Waals surface area contributed by atoms with Gasteiger partial charge in [-0.25, -0.2) is 8.42 Å². The number of amides is 1. The van der Waals surface area contributed by atoms with Gasteiger partial charge in [-0.2, -0.15) is 4.31 Å². The lowest BCUT2D eigenvalue weighted by atomic mass is 10.1. The molecule has 0 N–H and O–H groups in total. The van der Waals surface area contributed by atoms with Gasteiger partial charge in [-0.15, -0.1) is 0 Å². The zero-order valence-corrected chi connectivity index (χ0v) is 18.8. The van der Waals surface area contributed by atoms with Gasteiger partial charge in [0.15, 0.2) is 12.4 Å². The van der Waals surface area contributed by atoms with Crippen LogP contribution in [0.15, 0.2) is 59.5 Å². The third-order valence-corrected chi connectivity index (χ3v) is 7.22. The molecule has 8 nitrogen and oxygen atoms in total. The molecule has 10 heteroatoms. The Morgan fingerprint density at radius 3 is 2.12 bits per heavy atom. The number of esters is 1. The van der Waals surface area contributed by atoms with E-state index >= 15 is 0 Å². The van der Waals surface area contributed by atoms with Crippen molar-refractivity contribution >= 4 is 39.3 Å². The Labute approximate surface area is 191 Å². The van der Waals surface area contributed by atoms with Crippen LogP contribution in [-0.2, 0) is 24.3 Å². The van der Waals surface area contributed by atoms with Crippen molar-refractivity contribution in [2.24, 2.45) is 0 Å². The SMILES string of the molecule is O=C(CCC(=O)c1ccc(Cl)cc1)OCC(=O)N1CCN(S(=O)(=O)c2ccccc2)CC1. The van der Waals surface area contributed by atoms with Gasteiger partial charge in [0.2, 0.25) is 10.0 Å². The highest BCUT2D eigenvalue weighted by Crippen LogP contribution is 2.17. The molecule has 2 aromatic carbocycles. The minimum absolute atomic E-state index is 0.0370. The number of carbonyl (C=O) groups excluding carboxylic acids is 3. The van der Waals surface area contributed by atoms with Crippen molar-refractivity contribution in [3.05, 3.63) is 65.2 Å². The second-order valence-corrected chi connectivity index (χ2v) is 9.56. The van der Waals surface area contributed by atoms with Crippen LogP contribution in [0.25, 0.3) is 0 Å². The zero-order valence-electron chi connectivity index (χ0n) is 17.3. The van der Waals surface area contributed by atoms with Crippen LogP contribution in [-0.4, -0.2) is 68.1 Å². The molecule has 0 radical (unpaired) electrons. The molecular weight excluding hydrogens is 456 g/mol. The number of ether oxygens (including phenoxy) is 1. The van der Waals surface area contributed by atoms with Crippen molar-refractivity contribution in [2.45, 2.75) is 17.7 Å². The number of hydrogen-bond donors (Lipinski definition) is 0. The van der Waals surface area contributed by atoms with Gasteiger partial charge in [0.25, 0.3) is 5.91 Å². The van der Waals surface area contributed by atoms with Crippen molar-refractivity contribution in [2.75, 3.05) is 32.8 Å². The van der Waals surface area contributed by atoms with E-state index < -0.39 is 28.5 Å². The first-order valence-corrected chi connectivity index (χ1v) is 11.9. The molecule has 2 aromatic rings. The fourth-order valence-corrected chi connectivity index (χ4v) is 4.79. The molecule has 0 saturated carbocycles. The molecule has 1 heterocycles. The van der Waals surface area contributed by atoms with E-state index in [-0.39, 0.29) is 49.7 Å². The molecule has 0 bridgehead atoms. The van der Waals surface area contributed by atoms with E-state index in [1.165, 1.54) is 21.3 Å². The first-order chi connectivity index (χ1) is 15.3. The number of hydrogen-bond acceptors (Lipinski definition) is 6. The van der Waals surface area contributed by atoms with Gasteiger partial charge in [0.05, 0.1) is 11.3 Å². The van der Waals surface area contributed by atoms with Gasteiger partial charge < -0.3 is 9.64 Å². The van der Waals surface area contributed by atoms with Gasteiger partial charge in [-0.05, 0) is 36.4 Å². The Morgan fingerprint density at radius 1 is 0.875 bits per heavy atom. The molecular formula is C22H23ClN2O6S. The molecule has 0 aromatic heterocycles. The third kappa shape index (κ3) is 6.15. The highest BCUT2D eigenvalue weighted by molar-refractivity contribution is 7.89. The molecule has 1 aliphatic rings. The topological polar surface area (TPSA) is 101 Å². The average Bonchev–Trinajstić information content (AvgIpc) is 2.82. The van der Waals surface area contributed by atoms with Crippen LogP contribution in [0.3, 0.4) is 0 Å². The summed E-state index contributed by atoms with van der Waals surface area (Å²) in [6.07, 6.45) is -0.178. The van der Waals surface area contributed by atoms with Gasteiger partial charge in [-0.3, -0.25) is 14.4 Å². The van der Waals surface area contributed by atoms with E-state index in [2.05, 4.69) is 0 Å². The summed E-state index contributed by atoms with van der Waals surface area (Å²) in [7, 11) is -3.61. The van der Waals surface area contributed by atoms with Crippen LogP contribution >= 0.6 is 11.6 Å². The van der Waals surface area contributed by atoms with Crippen LogP contribution in [0.5, 0.6) is 0 Å². The molecule has 0 spiro atoms. The Balaban J connectivity index is 1.40. The van der Waals surface area contributed by atoms with Gasteiger partial charge in [0.1, 0.15) is 0 Å². The smallest absolute Gasteiger partial charge is 0.306 e. The maximum atomic E-state index is 12.6. The minimum Gasteiger partial charge on any atom is -0.456 e. The first-order valence-electron chi connectivity index (χ1n) is 10.0. The van der Waals surface area contributed by atoms with E-state index in [0.717, 1.165) is 0 Å². The van der Waals surface area contributed by atoms with Crippen LogP contribution in [0.4, 0.5) is 0 Å². The second-order valence-electron chi connectivity index (χ2n) is 7.19. The number of carbonyl (C=O) groups is 3. The molecule has 3 rings (SSSR count). The van der Waals surface area contributed by atoms with Crippen molar-refractivity contribution in [1.82, 2.24) is 9.21 Å². The zero-order chi connectivity index (χ0) is 23.1. The number of Topliss-reactive ketones (excluding diaryl/α,β-unsaturated/α-hetero) is 1. The largest absolute Gasteiger partial charge is 0.456 e. The first kappa shape index (κ1) is 23.9. The van der Waals surface area contributed by atoms with Crippen LogP contribution in [0.2, 0.25) is 5.02 Å². The third-order valence-electron chi connectivity index (χ3n) is 5.05. The maximum Gasteiger partial charge on any atom is 0.306 e. The number of rotatable bonds is 8. The molecule has 0 unspecified atom stereocenters. The van der Waals surface area contributed by atoms with E-state index in [0.29, 0.717) is 10.6 Å². The predicted octanol–water partition coefficient (Wildman–Crippen LogP) is 2.38. The van der Waals surface area contributed by atoms with Crippen LogP contribution in [0.1, 0.15) is 23.2 Å².